The van der Waals surface area contributed by atoms with Crippen molar-refractivity contribution >= 4 is 87.1 Å². The average Bonchev–Trinajstić information content (AvgIpc) is 1.58. The lowest BCUT2D eigenvalue weighted by molar-refractivity contribution is -0.139. The lowest BCUT2D eigenvalue weighted by atomic mass is 9.97. The SMILES string of the molecule is C.CC(C)(C)OC(=O)N1CCN(CCN)CC1.CC(C)(C)OC(=O)N1CCN(CCN2C(=O)C3Cc4c(n(Cc5ccc(F)cc5)c5ccccc45)CN3C2=O)CC1.Cl.O=C(O)[C@@H]1Cc2c(n(Cc3ccc(F)cc3)c3ccccc23)CN1.O=C1C2Cc3c(n(Cc4ccc(F)cc4)c4ccccc34)CN2C(=O)N1CCN1CCNCC1.[2HH]. The summed E-state index contributed by atoms with van der Waals surface area (Å²) < 4.78 is 57.5. The summed E-state index contributed by atoms with van der Waals surface area (Å²) >= 11 is 0. The minimum atomic E-state index is -0.823. The highest BCUT2D eigenvalue weighted by Gasteiger charge is 2.50. The second-order valence-electron chi connectivity index (χ2n) is 32.7. The summed E-state index contributed by atoms with van der Waals surface area (Å²) in [6.45, 7) is 27.3. The number of nitrogens with zero attached hydrogens (tertiary/aromatic N) is 12. The molecule has 9 aromatic rings. The standard InChI is InChI=1S/C31H36FN5O4.C26H28FN5O2.C19H17FN2O2.C11H23N3O2.CH4.ClH.H2/c1-31(2,3)41-30(40)34-15-12-33(13-16-34)14-17-35-28(38)26-18-24-23-6-4-5-7-25(23)36(27(24)20-37(26)29(35)39)19-21-8-10-22(32)11-9-21;27-19-7-5-18(6-8-19)16-31-22-4-2-1-3-20(22)21-15-23-25(33)30(26(34)32(23)17-24(21)31)14-13-29-11-9-28-10-12-29;20-13-7-5-12(6-8-13)11-22-17-4-2-1-3-14(17)15-9-16(19(23)24)21-10-18(15)22;1-11(2,3)16-10(15)14-8-6-13(5-4-12)7-9-14;;;/h4-11,26H,12-20H2,1-3H3;1-8,23,28H,9-17H2;1-8,16,21H,9-11H2,(H,23,24);4-9,12H2,1-3H3;1H4;2*1H/t;;16-;;;;/m..0..../s1/i;;;;;;1+1. The molecule has 8 aliphatic rings. The van der Waals surface area contributed by atoms with E-state index in [1.165, 1.54) is 46.2 Å². The summed E-state index contributed by atoms with van der Waals surface area (Å²) in [7, 11) is 0. The van der Waals surface area contributed by atoms with E-state index in [0.717, 1.165) is 142 Å². The van der Waals surface area contributed by atoms with Crippen molar-refractivity contribution < 1.29 is 62.7 Å². The summed E-state index contributed by atoms with van der Waals surface area (Å²) in [6.07, 6.45) is 0.958. The molecular weight excluding hydrogens is 1520 g/mol. The number of fused-ring (bicyclic) bond motifs is 11. The Kier molecular flexibility index (Phi) is 27.3. The van der Waals surface area contributed by atoms with Gasteiger partial charge in [0, 0.05) is 214 Å². The third kappa shape index (κ3) is 19.6. The minimum Gasteiger partial charge on any atom is -0.480 e. The van der Waals surface area contributed by atoms with Crippen molar-refractivity contribution in [1.82, 2.24) is 68.4 Å². The van der Waals surface area contributed by atoms with Gasteiger partial charge in [-0.25, -0.2) is 32.3 Å². The number of urea groups is 2. The Hall–Kier alpha value is -10.3. The van der Waals surface area contributed by atoms with Crippen LogP contribution in [0.15, 0.2) is 146 Å². The smallest absolute Gasteiger partial charge is 0.410 e. The van der Waals surface area contributed by atoms with Crippen molar-refractivity contribution in [2.45, 2.75) is 137 Å². The first-order valence-corrected chi connectivity index (χ1v) is 40.0. The molecule has 11 heterocycles. The van der Waals surface area contributed by atoms with Gasteiger partial charge in [-0.3, -0.25) is 44.2 Å². The zero-order valence-corrected chi connectivity index (χ0v) is 67.6. The Labute approximate surface area is 688 Å². The Morgan fingerprint density at radius 1 is 0.470 bits per heavy atom. The maximum atomic E-state index is 13.5. The van der Waals surface area contributed by atoms with E-state index < -0.39 is 35.3 Å². The summed E-state index contributed by atoms with van der Waals surface area (Å²) in [6, 6.07) is 41.9. The summed E-state index contributed by atoms with van der Waals surface area (Å²) in [4.78, 5) is 106. The van der Waals surface area contributed by atoms with Crippen LogP contribution in [-0.4, -0.2) is 252 Å². The summed E-state index contributed by atoms with van der Waals surface area (Å²) in [5.74, 6) is -1.83. The molecule has 8 amide bonds. The zero-order chi connectivity index (χ0) is 81.0. The Morgan fingerprint density at radius 3 is 1.17 bits per heavy atom. The van der Waals surface area contributed by atoms with Crippen LogP contribution in [0.4, 0.5) is 32.3 Å². The topological polar surface area (TPSA) is 252 Å². The molecule has 25 nitrogen and oxygen atoms in total. The van der Waals surface area contributed by atoms with E-state index in [-0.39, 0.29) is 74.8 Å². The van der Waals surface area contributed by atoms with Crippen molar-refractivity contribution in [3.05, 3.63) is 214 Å². The van der Waals surface area contributed by atoms with Crippen molar-refractivity contribution in [2.24, 2.45) is 5.73 Å². The van der Waals surface area contributed by atoms with Gasteiger partial charge in [-0.1, -0.05) is 98.4 Å². The highest BCUT2D eigenvalue weighted by Crippen LogP contribution is 2.40. The number of para-hydroxylation sites is 3. The van der Waals surface area contributed by atoms with Gasteiger partial charge >= 0.3 is 30.2 Å². The summed E-state index contributed by atoms with van der Waals surface area (Å²) in [5, 5.41) is 19.0. The number of ether oxygens (including phenoxy) is 2. The molecular formula is C88H111ClF3N15O10. The van der Waals surface area contributed by atoms with Crippen LogP contribution in [0.2, 0.25) is 0 Å². The van der Waals surface area contributed by atoms with Gasteiger partial charge < -0.3 is 58.9 Å². The molecule has 117 heavy (non-hydrogen) atoms. The van der Waals surface area contributed by atoms with Gasteiger partial charge in [-0.05, 0) is 130 Å². The molecule has 2 unspecified atom stereocenters. The number of benzene rings is 6. The minimum absolute atomic E-state index is 0. The second kappa shape index (κ2) is 37.1. The second-order valence-corrected chi connectivity index (χ2v) is 32.7. The van der Waals surface area contributed by atoms with E-state index in [0.29, 0.717) is 117 Å². The molecule has 3 atom stereocenters. The monoisotopic (exact) mass is 1630 g/mol. The maximum Gasteiger partial charge on any atom is 0.410 e. The van der Waals surface area contributed by atoms with Crippen molar-refractivity contribution in [2.75, 3.05) is 118 Å². The first-order chi connectivity index (χ1) is 55.2. The molecule has 6 aromatic carbocycles. The van der Waals surface area contributed by atoms with E-state index in [4.69, 9.17) is 15.2 Å². The Balaban J connectivity index is 0.000000161. The molecule has 17 rings (SSSR count). The van der Waals surface area contributed by atoms with Crippen molar-refractivity contribution in [1.29, 1.82) is 0 Å². The molecule has 3 aromatic heterocycles. The van der Waals surface area contributed by atoms with Crippen molar-refractivity contribution in [3.8, 4) is 0 Å². The fourth-order valence-corrected chi connectivity index (χ4v) is 16.9. The molecule has 0 aliphatic carbocycles. The number of carbonyl (C=O) groups is 7. The number of aromatic nitrogens is 3. The highest BCUT2D eigenvalue weighted by molar-refractivity contribution is 6.06. The van der Waals surface area contributed by atoms with Gasteiger partial charge in [-0.15, -0.1) is 12.4 Å². The fourth-order valence-electron chi connectivity index (χ4n) is 16.9. The number of hydrogen-bond acceptors (Lipinski definition) is 15. The van der Waals surface area contributed by atoms with Crippen LogP contribution in [0.5, 0.6) is 0 Å². The van der Waals surface area contributed by atoms with Crippen LogP contribution in [-0.2, 0) is 82.4 Å². The molecule has 0 bridgehead atoms. The van der Waals surface area contributed by atoms with Gasteiger partial charge in [0.2, 0.25) is 0 Å². The van der Waals surface area contributed by atoms with E-state index in [1.807, 2.05) is 90.1 Å². The lowest BCUT2D eigenvalue weighted by Crippen LogP contribution is -2.51. The number of imide groups is 2. The van der Waals surface area contributed by atoms with Crippen LogP contribution >= 0.6 is 12.4 Å². The van der Waals surface area contributed by atoms with Crippen LogP contribution in [0.1, 0.15) is 101 Å². The number of carboxylic acid groups (broad SMARTS) is 1. The van der Waals surface area contributed by atoms with Gasteiger partial charge in [0.15, 0.2) is 0 Å². The van der Waals surface area contributed by atoms with E-state index in [1.54, 1.807) is 56.0 Å². The van der Waals surface area contributed by atoms with E-state index in [2.05, 4.69) is 63.3 Å². The normalized spacial score (nSPS) is 18.9. The molecule has 0 spiro atoms. The number of piperazine rings is 3. The van der Waals surface area contributed by atoms with E-state index >= 15 is 0 Å². The molecule has 5 fully saturated rings. The predicted molar refractivity (Wildman–Crippen MR) is 448 cm³/mol. The highest BCUT2D eigenvalue weighted by atomic mass is 35.5. The zero-order valence-electron chi connectivity index (χ0n) is 66.8. The summed E-state index contributed by atoms with van der Waals surface area (Å²) in [5.41, 5.74) is 17.3. The van der Waals surface area contributed by atoms with Gasteiger partial charge in [0.1, 0.15) is 46.8 Å². The third-order valence-electron chi connectivity index (χ3n) is 22.8. The number of hydrogen-bond donors (Lipinski definition) is 4. The number of carbonyl (C=O) groups excluding carboxylic acids is 6. The van der Waals surface area contributed by atoms with Crippen LogP contribution in [0, 0.1) is 17.5 Å². The average molecular weight is 1630 g/mol. The maximum absolute atomic E-state index is 13.5. The van der Waals surface area contributed by atoms with Crippen LogP contribution in [0.3, 0.4) is 0 Å². The Bertz CT molecular complexity index is 5050. The molecule has 29 heteroatoms. The van der Waals surface area contributed by atoms with Crippen LogP contribution in [0.25, 0.3) is 32.7 Å². The van der Waals surface area contributed by atoms with Crippen molar-refractivity contribution in [3.63, 3.8) is 0 Å². The fraction of sp³-hybridized carbons (Fsp3) is 0.443. The lowest BCUT2D eigenvalue weighted by Gasteiger charge is -2.36. The van der Waals surface area contributed by atoms with Gasteiger partial charge in [0.05, 0.1) is 13.1 Å². The first-order valence-electron chi connectivity index (χ1n) is 40.0. The van der Waals surface area contributed by atoms with Crippen LogP contribution < -0.4 is 16.4 Å². The quantitative estimate of drug-likeness (QED) is 0.0696. The number of aliphatic carboxylic acids is 1. The number of nitrogens with one attached hydrogen (secondary N) is 2. The first kappa shape index (κ1) is 86.0. The predicted octanol–water partition coefficient (Wildman–Crippen LogP) is 11.2. The number of carboxylic acids is 1. The molecule has 5 N–H and O–H groups in total. The van der Waals surface area contributed by atoms with E-state index in [9.17, 15) is 51.8 Å². The molecule has 5 saturated heterocycles. The molecule has 8 aliphatic heterocycles. The number of amides is 8. The number of nitrogens with two attached hydrogens (primary N) is 1. The van der Waals surface area contributed by atoms with Gasteiger partial charge in [0.25, 0.3) is 11.8 Å². The largest absolute Gasteiger partial charge is 0.480 e. The van der Waals surface area contributed by atoms with Gasteiger partial charge in [-0.2, -0.15) is 0 Å². The Morgan fingerprint density at radius 2 is 0.812 bits per heavy atom. The molecule has 0 saturated carbocycles. The number of halogens is 4. The molecule has 0 radical (unpaired) electrons. The third-order valence-corrected chi connectivity index (χ3v) is 22.8. The number of rotatable bonds is 15. The molecule has 626 valence electrons.